The summed E-state index contributed by atoms with van der Waals surface area (Å²) >= 11 is 0. The molecular weight excluding hydrogens is 272 g/mol. The third-order valence-corrected chi connectivity index (χ3v) is 4.45. The lowest BCUT2D eigenvalue weighted by molar-refractivity contribution is -0.385. The molecule has 0 bridgehead atoms. The minimum Gasteiger partial charge on any atom is -0.391 e. The second kappa shape index (κ2) is 5.24. The van der Waals surface area contributed by atoms with Crippen LogP contribution in [0.25, 0.3) is 0 Å². The standard InChI is InChI=1S/C11H16N2O5S/c1-8(14)11(2,3)12-19(17,18)10-6-4-5-9(7-10)13(15)16/h4-8,12,14H,1-3H3. The number of nitro benzene ring substituents is 1. The Labute approximate surface area is 111 Å². The molecule has 0 radical (unpaired) electrons. The number of benzene rings is 1. The van der Waals surface area contributed by atoms with Gasteiger partial charge in [0.25, 0.3) is 5.69 Å². The van der Waals surface area contributed by atoms with Crippen LogP contribution in [0.15, 0.2) is 29.2 Å². The van der Waals surface area contributed by atoms with Crippen molar-refractivity contribution < 1.29 is 18.4 Å². The average molecular weight is 288 g/mol. The van der Waals surface area contributed by atoms with E-state index in [0.717, 1.165) is 6.07 Å². The molecule has 0 saturated heterocycles. The number of hydrogen-bond donors (Lipinski definition) is 2. The number of aliphatic hydroxyl groups is 1. The van der Waals surface area contributed by atoms with Crippen LogP contribution in [0.4, 0.5) is 5.69 Å². The van der Waals surface area contributed by atoms with Gasteiger partial charge >= 0.3 is 0 Å². The predicted molar refractivity (Wildman–Crippen MR) is 69.2 cm³/mol. The number of rotatable bonds is 5. The summed E-state index contributed by atoms with van der Waals surface area (Å²) in [6.45, 7) is 4.50. The van der Waals surface area contributed by atoms with Crippen molar-refractivity contribution in [3.8, 4) is 0 Å². The molecule has 0 aromatic heterocycles. The first kappa shape index (κ1) is 15.5. The van der Waals surface area contributed by atoms with Crippen molar-refractivity contribution in [2.75, 3.05) is 0 Å². The van der Waals surface area contributed by atoms with Gasteiger partial charge in [-0.25, -0.2) is 13.1 Å². The molecule has 0 heterocycles. The van der Waals surface area contributed by atoms with Crippen LogP contribution in [0.2, 0.25) is 0 Å². The van der Waals surface area contributed by atoms with Crippen LogP contribution in [0.1, 0.15) is 20.8 Å². The molecule has 0 spiro atoms. The highest BCUT2D eigenvalue weighted by Crippen LogP contribution is 2.20. The van der Waals surface area contributed by atoms with E-state index >= 15 is 0 Å². The molecule has 7 nitrogen and oxygen atoms in total. The molecule has 0 fully saturated rings. The van der Waals surface area contributed by atoms with Crippen molar-refractivity contribution in [1.29, 1.82) is 0 Å². The topological polar surface area (TPSA) is 110 Å². The first-order valence-corrected chi connectivity index (χ1v) is 7.01. The fraction of sp³-hybridized carbons (Fsp3) is 0.455. The van der Waals surface area contributed by atoms with Crippen LogP contribution >= 0.6 is 0 Å². The first-order valence-electron chi connectivity index (χ1n) is 5.53. The monoisotopic (exact) mass is 288 g/mol. The van der Waals surface area contributed by atoms with Crippen molar-refractivity contribution >= 4 is 15.7 Å². The third kappa shape index (κ3) is 3.72. The lowest BCUT2D eigenvalue weighted by atomic mass is 10.0. The van der Waals surface area contributed by atoms with Crippen LogP contribution in [-0.2, 0) is 10.0 Å². The molecule has 1 unspecified atom stereocenters. The number of non-ortho nitro benzene ring substituents is 1. The van der Waals surface area contributed by atoms with Gasteiger partial charge in [0.05, 0.1) is 21.5 Å². The third-order valence-electron chi connectivity index (χ3n) is 2.78. The summed E-state index contributed by atoms with van der Waals surface area (Å²) in [7, 11) is -3.93. The van der Waals surface area contributed by atoms with Gasteiger partial charge in [-0.1, -0.05) is 6.07 Å². The summed E-state index contributed by atoms with van der Waals surface area (Å²) < 4.78 is 26.5. The zero-order chi connectivity index (χ0) is 14.8. The molecule has 8 heteroatoms. The smallest absolute Gasteiger partial charge is 0.270 e. The van der Waals surface area contributed by atoms with Crippen LogP contribution in [0, 0.1) is 10.1 Å². The fourth-order valence-electron chi connectivity index (χ4n) is 1.25. The van der Waals surface area contributed by atoms with E-state index in [9.17, 15) is 23.6 Å². The summed E-state index contributed by atoms with van der Waals surface area (Å²) in [5, 5.41) is 20.1. The van der Waals surface area contributed by atoms with Crippen LogP contribution < -0.4 is 4.72 Å². The van der Waals surface area contributed by atoms with Crippen molar-refractivity contribution in [2.45, 2.75) is 37.3 Å². The van der Waals surface area contributed by atoms with Gasteiger partial charge in [-0.05, 0) is 26.8 Å². The number of hydrogen-bond acceptors (Lipinski definition) is 5. The number of sulfonamides is 1. The lowest BCUT2D eigenvalue weighted by Crippen LogP contribution is -2.50. The van der Waals surface area contributed by atoms with Gasteiger partial charge in [-0.3, -0.25) is 10.1 Å². The van der Waals surface area contributed by atoms with E-state index in [1.807, 2.05) is 0 Å². The minimum atomic E-state index is -3.93. The Morgan fingerprint density at radius 1 is 1.42 bits per heavy atom. The summed E-state index contributed by atoms with van der Waals surface area (Å²) in [5.41, 5.74) is -1.39. The maximum absolute atomic E-state index is 12.1. The highest BCUT2D eigenvalue weighted by molar-refractivity contribution is 7.89. The fourth-order valence-corrected chi connectivity index (χ4v) is 2.77. The first-order chi connectivity index (χ1) is 8.56. The van der Waals surface area contributed by atoms with Crippen molar-refractivity contribution in [3.05, 3.63) is 34.4 Å². The normalized spacial score (nSPS) is 14.1. The molecule has 106 valence electrons. The number of nitro groups is 1. The minimum absolute atomic E-state index is 0.213. The van der Waals surface area contributed by atoms with Gasteiger partial charge in [0.2, 0.25) is 10.0 Å². The van der Waals surface area contributed by atoms with Gasteiger partial charge in [-0.15, -0.1) is 0 Å². The quantitative estimate of drug-likeness (QED) is 0.621. The Balaban J connectivity index is 3.14. The van der Waals surface area contributed by atoms with Crippen LogP contribution in [0.3, 0.4) is 0 Å². The molecule has 1 atom stereocenters. The van der Waals surface area contributed by atoms with E-state index in [1.165, 1.54) is 39.0 Å². The average Bonchev–Trinajstić information content (AvgIpc) is 2.27. The lowest BCUT2D eigenvalue weighted by Gasteiger charge is -2.28. The highest BCUT2D eigenvalue weighted by Gasteiger charge is 2.31. The predicted octanol–water partition coefficient (Wildman–Crippen LogP) is 1.03. The Kier molecular flexibility index (Phi) is 4.28. The van der Waals surface area contributed by atoms with Gasteiger partial charge in [0.15, 0.2) is 0 Å². The van der Waals surface area contributed by atoms with Gasteiger partial charge in [-0.2, -0.15) is 0 Å². The summed E-state index contributed by atoms with van der Waals surface area (Å²) in [4.78, 5) is 9.74. The van der Waals surface area contributed by atoms with E-state index in [1.54, 1.807) is 0 Å². The van der Waals surface area contributed by atoms with Crippen molar-refractivity contribution in [3.63, 3.8) is 0 Å². The van der Waals surface area contributed by atoms with E-state index < -0.39 is 26.6 Å². The number of aliphatic hydroxyl groups excluding tert-OH is 1. The molecule has 1 rings (SSSR count). The molecule has 0 aliphatic rings. The molecule has 1 aromatic rings. The van der Waals surface area contributed by atoms with Crippen molar-refractivity contribution in [2.24, 2.45) is 0 Å². The van der Waals surface area contributed by atoms with Gasteiger partial charge in [0, 0.05) is 12.1 Å². The Bertz CT molecular complexity index is 581. The Hall–Kier alpha value is -1.51. The van der Waals surface area contributed by atoms with E-state index in [-0.39, 0.29) is 10.6 Å². The van der Waals surface area contributed by atoms with E-state index in [2.05, 4.69) is 4.72 Å². The number of nitrogens with zero attached hydrogens (tertiary/aromatic N) is 1. The zero-order valence-electron chi connectivity index (χ0n) is 10.8. The molecule has 0 aliphatic carbocycles. The molecule has 0 amide bonds. The van der Waals surface area contributed by atoms with Crippen molar-refractivity contribution in [1.82, 2.24) is 4.72 Å². The van der Waals surface area contributed by atoms with Crippen LogP contribution in [-0.4, -0.2) is 30.1 Å². The van der Waals surface area contributed by atoms with Gasteiger partial charge in [0.1, 0.15) is 0 Å². The molecular formula is C11H16N2O5S. The summed E-state index contributed by atoms with van der Waals surface area (Å²) in [6.07, 6.45) is -0.916. The second-order valence-corrected chi connectivity index (χ2v) is 6.44. The number of nitrogens with one attached hydrogen (secondary N) is 1. The second-order valence-electron chi connectivity index (χ2n) is 4.76. The zero-order valence-corrected chi connectivity index (χ0v) is 11.6. The Morgan fingerprint density at radius 3 is 2.47 bits per heavy atom. The molecule has 0 aliphatic heterocycles. The molecule has 0 saturated carbocycles. The largest absolute Gasteiger partial charge is 0.391 e. The SMILES string of the molecule is CC(O)C(C)(C)NS(=O)(=O)c1cccc([N+](=O)[O-])c1. The summed E-state index contributed by atoms with van der Waals surface area (Å²) in [5.74, 6) is 0. The Morgan fingerprint density at radius 2 is 2.00 bits per heavy atom. The highest BCUT2D eigenvalue weighted by atomic mass is 32.2. The molecule has 1 aromatic carbocycles. The van der Waals surface area contributed by atoms with Crippen LogP contribution in [0.5, 0.6) is 0 Å². The molecule has 19 heavy (non-hydrogen) atoms. The van der Waals surface area contributed by atoms with E-state index in [4.69, 9.17) is 0 Å². The van der Waals surface area contributed by atoms with Gasteiger partial charge < -0.3 is 5.11 Å². The van der Waals surface area contributed by atoms with E-state index in [0.29, 0.717) is 0 Å². The summed E-state index contributed by atoms with van der Waals surface area (Å²) in [6, 6.07) is 4.73. The maximum Gasteiger partial charge on any atom is 0.270 e. The molecule has 2 N–H and O–H groups in total. The maximum atomic E-state index is 12.1.